The van der Waals surface area contributed by atoms with Gasteiger partial charge in [0.15, 0.2) is 5.78 Å². The molecule has 3 saturated carbocycles. The Morgan fingerprint density at radius 1 is 0.846 bits per heavy atom. The van der Waals surface area contributed by atoms with Crippen LogP contribution in [0.1, 0.15) is 115 Å². The summed E-state index contributed by atoms with van der Waals surface area (Å²) in [4.78, 5) is 17.0. The Bertz CT molecular complexity index is 1790. The van der Waals surface area contributed by atoms with Crippen LogP contribution in [0.25, 0.3) is 32.8 Å². The fourth-order valence-corrected chi connectivity index (χ4v) is 8.83. The van der Waals surface area contributed by atoms with Crippen LogP contribution in [0, 0.1) is 35.7 Å². The van der Waals surface area contributed by atoms with Gasteiger partial charge in [-0.3, -0.25) is 4.79 Å². The molecule has 0 spiro atoms. The number of aromatic nitrogens is 1. The molecule has 52 heavy (non-hydrogen) atoms. The number of allylic oxidation sites excluding steroid dienone is 2. The number of fused-ring (bicyclic) bond motifs is 2. The maximum Gasteiger partial charge on any atom is 0.391 e. The van der Waals surface area contributed by atoms with E-state index in [0.29, 0.717) is 11.8 Å². The third-order valence-corrected chi connectivity index (χ3v) is 12.1. The molecule has 3 fully saturated rings. The van der Waals surface area contributed by atoms with Crippen LogP contribution in [0.3, 0.4) is 0 Å². The van der Waals surface area contributed by atoms with E-state index in [1.165, 1.54) is 71.7 Å². The minimum Gasteiger partial charge on any atom is -0.512 e. The van der Waals surface area contributed by atoms with Crippen molar-refractivity contribution in [1.82, 2.24) is 4.98 Å². The van der Waals surface area contributed by atoms with Gasteiger partial charge in [0.25, 0.3) is 0 Å². The van der Waals surface area contributed by atoms with Crippen molar-refractivity contribution in [1.29, 1.82) is 0 Å². The van der Waals surface area contributed by atoms with Crippen LogP contribution in [0.2, 0.25) is 0 Å². The third kappa shape index (κ3) is 9.94. The van der Waals surface area contributed by atoms with Gasteiger partial charge in [-0.05, 0) is 110 Å². The number of carbonyl (C=O) groups is 1. The van der Waals surface area contributed by atoms with Crippen LogP contribution in [-0.4, -0.2) is 22.1 Å². The summed E-state index contributed by atoms with van der Waals surface area (Å²) in [5, 5.41) is 15.1. The Hall–Kier alpha value is -3.02. The monoisotopic (exact) mass is 889 g/mol. The van der Waals surface area contributed by atoms with Crippen molar-refractivity contribution in [2.75, 3.05) is 0 Å². The first-order valence-electron chi connectivity index (χ1n) is 19.4. The SMILES string of the molecule is CC1CCC(C(O)=CC(=O)C2CCC(C(F)(F)F)CC2)CC1.CCCC1CCC(c2ccc3ccnc(-c4[c-]ccc5ccccc45)c3c2)CC1.[Ir]. The smallest absolute Gasteiger partial charge is 0.391 e. The van der Waals surface area contributed by atoms with E-state index in [-0.39, 0.29) is 69.2 Å². The van der Waals surface area contributed by atoms with Gasteiger partial charge in [-0.2, -0.15) is 13.2 Å². The largest absolute Gasteiger partial charge is 0.512 e. The molecule has 4 aromatic rings. The van der Waals surface area contributed by atoms with Gasteiger partial charge in [0.05, 0.1) is 11.7 Å². The number of benzene rings is 3. The number of nitrogens with zero attached hydrogens (tertiary/aromatic N) is 1. The van der Waals surface area contributed by atoms with Crippen molar-refractivity contribution in [2.45, 2.75) is 116 Å². The van der Waals surface area contributed by atoms with Crippen LogP contribution in [0.5, 0.6) is 0 Å². The van der Waals surface area contributed by atoms with Crippen LogP contribution in [0.15, 0.2) is 78.7 Å². The maximum atomic E-state index is 12.6. The summed E-state index contributed by atoms with van der Waals surface area (Å²) in [5.74, 6) is 0.657. The van der Waals surface area contributed by atoms with Gasteiger partial charge in [-0.25, -0.2) is 0 Å². The second-order valence-corrected chi connectivity index (χ2v) is 15.6. The number of rotatable bonds is 7. The number of hydrogen-bond donors (Lipinski definition) is 1. The van der Waals surface area contributed by atoms with Gasteiger partial charge in [0, 0.05) is 44.2 Å². The first-order chi connectivity index (χ1) is 24.6. The predicted octanol–water partition coefficient (Wildman–Crippen LogP) is 13.1. The first kappa shape index (κ1) is 40.2. The predicted molar refractivity (Wildman–Crippen MR) is 201 cm³/mol. The molecule has 3 aliphatic rings. The molecule has 7 heteroatoms. The summed E-state index contributed by atoms with van der Waals surface area (Å²) in [6.07, 6.45) is 11.7. The zero-order valence-electron chi connectivity index (χ0n) is 30.6. The molecule has 0 bridgehead atoms. The molecule has 0 atom stereocenters. The quantitative estimate of drug-likeness (QED) is 0.114. The second-order valence-electron chi connectivity index (χ2n) is 15.6. The van der Waals surface area contributed by atoms with Crippen LogP contribution in [-0.2, 0) is 24.9 Å². The van der Waals surface area contributed by atoms with Gasteiger partial charge < -0.3 is 10.1 Å². The molecule has 3 aromatic carbocycles. The number of carbonyl (C=O) groups excluding carboxylic acids is 1. The van der Waals surface area contributed by atoms with Gasteiger partial charge in [-0.15, -0.1) is 29.1 Å². The van der Waals surface area contributed by atoms with Crippen molar-refractivity contribution in [3.63, 3.8) is 0 Å². The summed E-state index contributed by atoms with van der Waals surface area (Å²) in [7, 11) is 0. The molecular weight excluding hydrogens is 836 g/mol. The van der Waals surface area contributed by atoms with Crippen LogP contribution >= 0.6 is 0 Å². The summed E-state index contributed by atoms with van der Waals surface area (Å²) >= 11 is 0. The zero-order valence-corrected chi connectivity index (χ0v) is 33.0. The van der Waals surface area contributed by atoms with Crippen molar-refractivity contribution in [3.8, 4) is 11.3 Å². The fraction of sp³-hybridized carbons (Fsp3) is 0.511. The summed E-state index contributed by atoms with van der Waals surface area (Å²) < 4.78 is 37.9. The van der Waals surface area contributed by atoms with E-state index in [1.807, 2.05) is 12.3 Å². The molecule has 3 nitrogen and oxygen atoms in total. The molecule has 1 heterocycles. The molecule has 0 saturated heterocycles. The average molecular weight is 889 g/mol. The van der Waals surface area contributed by atoms with Crippen LogP contribution < -0.4 is 0 Å². The van der Waals surface area contributed by atoms with Gasteiger partial charge in [0.2, 0.25) is 0 Å². The molecule has 3 aliphatic carbocycles. The number of aliphatic hydroxyl groups excluding tert-OH is 1. The Morgan fingerprint density at radius 3 is 2.21 bits per heavy atom. The zero-order chi connectivity index (χ0) is 36.0. The van der Waals surface area contributed by atoms with E-state index in [4.69, 9.17) is 4.98 Å². The van der Waals surface area contributed by atoms with E-state index in [0.717, 1.165) is 42.9 Å². The van der Waals surface area contributed by atoms with Gasteiger partial charge >= 0.3 is 6.18 Å². The Morgan fingerprint density at radius 2 is 1.52 bits per heavy atom. The fourth-order valence-electron chi connectivity index (χ4n) is 8.83. The standard InChI is InChI=1S/C28H28N.C17H25F3O2.Ir/c1-2-6-20-11-13-21(14-12-20)24-16-15-23-17-18-29-28(27(23)19-24)26-10-5-8-22-7-3-4-9-25(22)26;1-11-2-4-12(5-3-11)15(21)10-16(22)13-6-8-14(9-7-13)17(18,19)20;/h3-5,7-9,15-21H,2,6,11-14H2,1H3;10-14,21H,2-9H2,1H3;/q-1;;. The van der Waals surface area contributed by atoms with E-state index >= 15 is 0 Å². The van der Waals surface area contributed by atoms with E-state index in [2.05, 4.69) is 74.5 Å². The number of halogens is 3. The van der Waals surface area contributed by atoms with Crippen molar-refractivity contribution in [3.05, 3.63) is 90.3 Å². The van der Waals surface area contributed by atoms with E-state index < -0.39 is 12.1 Å². The summed E-state index contributed by atoms with van der Waals surface area (Å²) in [6, 6.07) is 25.4. The van der Waals surface area contributed by atoms with Gasteiger partial charge in [-0.1, -0.05) is 87.4 Å². The molecule has 7 rings (SSSR count). The van der Waals surface area contributed by atoms with Gasteiger partial charge in [0.1, 0.15) is 0 Å². The Labute approximate surface area is 321 Å². The average Bonchev–Trinajstić information content (AvgIpc) is 3.15. The van der Waals surface area contributed by atoms with Crippen molar-refractivity contribution < 1.29 is 43.2 Å². The minimum atomic E-state index is -4.15. The Balaban J connectivity index is 0.000000205. The molecule has 1 radical (unpaired) electrons. The third-order valence-electron chi connectivity index (χ3n) is 12.1. The van der Waals surface area contributed by atoms with Crippen LogP contribution in [0.4, 0.5) is 13.2 Å². The molecule has 0 unspecified atom stereocenters. The normalized spacial score (nSPS) is 25.5. The molecule has 281 valence electrons. The second kappa shape index (κ2) is 18.3. The number of hydrogen-bond acceptors (Lipinski definition) is 3. The Kier molecular flexibility index (Phi) is 14.2. The maximum absolute atomic E-state index is 12.6. The molecule has 0 amide bonds. The number of alkyl halides is 3. The molecule has 1 N–H and O–H groups in total. The first-order valence-corrected chi connectivity index (χ1v) is 19.4. The topological polar surface area (TPSA) is 50.2 Å². The number of pyridine rings is 1. The molecule has 1 aromatic heterocycles. The van der Waals surface area contributed by atoms with Crippen molar-refractivity contribution >= 4 is 27.3 Å². The van der Waals surface area contributed by atoms with Crippen molar-refractivity contribution in [2.24, 2.45) is 29.6 Å². The molecule has 0 aliphatic heterocycles. The molecular formula is C45H53F3IrNO2-. The van der Waals surface area contributed by atoms with E-state index in [1.54, 1.807) is 0 Å². The summed E-state index contributed by atoms with van der Waals surface area (Å²) in [5.41, 5.74) is 3.65. The summed E-state index contributed by atoms with van der Waals surface area (Å²) in [6.45, 7) is 4.50. The number of aliphatic hydroxyl groups is 1. The van der Waals surface area contributed by atoms with E-state index in [9.17, 15) is 23.1 Å². The minimum absolute atomic E-state index is 0. The number of ketones is 1.